The molecule has 0 unspecified atom stereocenters. The minimum absolute atomic E-state index is 0.314. The van der Waals surface area contributed by atoms with Gasteiger partial charge in [-0.15, -0.1) is 5.10 Å². The maximum Gasteiger partial charge on any atom is 0.217 e. The van der Waals surface area contributed by atoms with Gasteiger partial charge in [-0.2, -0.15) is 0 Å². The molecule has 0 aliphatic carbocycles. The molecule has 0 spiro atoms. The summed E-state index contributed by atoms with van der Waals surface area (Å²) in [6, 6.07) is 0.314. The first-order chi connectivity index (χ1) is 5.52. The number of nitrogens with zero attached hydrogens (tertiary/aromatic N) is 2. The van der Waals surface area contributed by atoms with Crippen LogP contribution in [0.2, 0.25) is 0 Å². The molecule has 1 aliphatic rings. The summed E-state index contributed by atoms with van der Waals surface area (Å²) in [5.41, 5.74) is 0. The van der Waals surface area contributed by atoms with Gasteiger partial charge >= 0.3 is 0 Å². The molecule has 12 heavy (non-hydrogen) atoms. The predicted octanol–water partition coefficient (Wildman–Crippen LogP) is 2.17. The van der Waals surface area contributed by atoms with Crippen LogP contribution < -0.4 is 0 Å². The molecule has 0 fully saturated rings. The van der Waals surface area contributed by atoms with Crippen molar-refractivity contribution in [3.05, 3.63) is 12.5 Å². The highest BCUT2D eigenvalue weighted by Gasteiger charge is 2.24. The first kappa shape index (κ1) is 9.10. The van der Waals surface area contributed by atoms with E-state index in [2.05, 4.69) is 39.4 Å². The summed E-state index contributed by atoms with van der Waals surface area (Å²) in [5, 5.41) is 6.10. The largest absolute Gasteiger partial charge is 0.424 e. The van der Waals surface area contributed by atoms with Gasteiger partial charge in [-0.1, -0.05) is 13.8 Å². The van der Waals surface area contributed by atoms with Gasteiger partial charge in [-0.05, 0) is 20.4 Å². The molecule has 1 heterocycles. The molecule has 0 radical (unpaired) electrons. The fourth-order valence-corrected chi connectivity index (χ4v) is 0.987. The van der Waals surface area contributed by atoms with Crippen LogP contribution in [-0.4, -0.2) is 16.9 Å². The molecule has 3 nitrogen and oxygen atoms in total. The van der Waals surface area contributed by atoms with Gasteiger partial charge in [0.1, 0.15) is 0 Å². The van der Waals surface area contributed by atoms with E-state index in [0.717, 1.165) is 5.90 Å². The SMILES string of the molecule is C=C1OC(C(C)C)=NN1C(C)C. The van der Waals surface area contributed by atoms with Crippen molar-refractivity contribution in [3.63, 3.8) is 0 Å². The van der Waals surface area contributed by atoms with E-state index in [1.165, 1.54) is 0 Å². The lowest BCUT2D eigenvalue weighted by molar-refractivity contribution is 0.227. The van der Waals surface area contributed by atoms with Crippen LogP contribution in [0, 0.1) is 5.92 Å². The molecular formula is C9H16N2O. The maximum atomic E-state index is 5.38. The van der Waals surface area contributed by atoms with Crippen LogP contribution in [0.3, 0.4) is 0 Å². The highest BCUT2D eigenvalue weighted by molar-refractivity contribution is 5.80. The van der Waals surface area contributed by atoms with E-state index in [9.17, 15) is 0 Å². The molecule has 68 valence electrons. The monoisotopic (exact) mass is 168 g/mol. The van der Waals surface area contributed by atoms with E-state index < -0.39 is 0 Å². The highest BCUT2D eigenvalue weighted by atomic mass is 16.5. The van der Waals surface area contributed by atoms with Gasteiger partial charge in [-0.3, -0.25) is 0 Å². The van der Waals surface area contributed by atoms with Gasteiger partial charge in [0.25, 0.3) is 0 Å². The van der Waals surface area contributed by atoms with E-state index in [0.29, 0.717) is 17.8 Å². The van der Waals surface area contributed by atoms with Gasteiger partial charge < -0.3 is 4.74 Å². The van der Waals surface area contributed by atoms with Crippen molar-refractivity contribution in [1.82, 2.24) is 5.01 Å². The normalized spacial score (nSPS) is 17.3. The fraction of sp³-hybridized carbons (Fsp3) is 0.667. The Morgan fingerprint density at radius 3 is 2.17 bits per heavy atom. The van der Waals surface area contributed by atoms with Crippen molar-refractivity contribution in [2.24, 2.45) is 11.0 Å². The summed E-state index contributed by atoms with van der Waals surface area (Å²) >= 11 is 0. The third kappa shape index (κ3) is 1.60. The quantitative estimate of drug-likeness (QED) is 0.631. The lowest BCUT2D eigenvalue weighted by Gasteiger charge is -2.16. The van der Waals surface area contributed by atoms with Crippen molar-refractivity contribution in [3.8, 4) is 0 Å². The molecule has 0 saturated carbocycles. The summed E-state index contributed by atoms with van der Waals surface area (Å²) in [6.07, 6.45) is 0. The maximum absolute atomic E-state index is 5.38. The second-order valence-electron chi connectivity index (χ2n) is 3.53. The molecule has 0 atom stereocenters. The van der Waals surface area contributed by atoms with E-state index in [4.69, 9.17) is 4.74 Å². The first-order valence-electron chi connectivity index (χ1n) is 4.27. The van der Waals surface area contributed by atoms with Crippen LogP contribution in [-0.2, 0) is 4.74 Å². The van der Waals surface area contributed by atoms with Crippen LogP contribution >= 0.6 is 0 Å². The summed E-state index contributed by atoms with van der Waals surface area (Å²) in [5.74, 6) is 1.72. The van der Waals surface area contributed by atoms with Crippen LogP contribution in [0.1, 0.15) is 27.7 Å². The Labute approximate surface area is 73.7 Å². The molecule has 0 aromatic heterocycles. The number of hydrazone groups is 1. The fourth-order valence-electron chi connectivity index (χ4n) is 0.987. The average molecular weight is 168 g/mol. The van der Waals surface area contributed by atoms with Gasteiger partial charge in [0, 0.05) is 5.92 Å². The lowest BCUT2D eigenvalue weighted by atomic mass is 10.2. The first-order valence-corrected chi connectivity index (χ1v) is 4.27. The minimum atomic E-state index is 0.314. The molecule has 0 amide bonds. The van der Waals surface area contributed by atoms with Crippen molar-refractivity contribution in [2.45, 2.75) is 33.7 Å². The van der Waals surface area contributed by atoms with E-state index in [1.54, 1.807) is 5.01 Å². The molecule has 0 bridgehead atoms. The number of hydrogen-bond donors (Lipinski definition) is 0. The van der Waals surface area contributed by atoms with Crippen LogP contribution in [0.5, 0.6) is 0 Å². The van der Waals surface area contributed by atoms with Crippen molar-refractivity contribution in [1.29, 1.82) is 0 Å². The number of ether oxygens (including phenoxy) is 1. The molecule has 1 aliphatic heterocycles. The third-order valence-electron chi connectivity index (χ3n) is 1.67. The van der Waals surface area contributed by atoms with Gasteiger partial charge in [-0.25, -0.2) is 5.01 Å². The summed E-state index contributed by atoms with van der Waals surface area (Å²) in [4.78, 5) is 0. The average Bonchev–Trinajstić information content (AvgIpc) is 2.30. The Kier molecular flexibility index (Phi) is 2.40. The van der Waals surface area contributed by atoms with Crippen LogP contribution in [0.15, 0.2) is 17.6 Å². The van der Waals surface area contributed by atoms with Gasteiger partial charge in [0.15, 0.2) is 0 Å². The van der Waals surface area contributed by atoms with Gasteiger partial charge in [0.05, 0.1) is 6.04 Å². The Balaban J connectivity index is 2.73. The second-order valence-corrected chi connectivity index (χ2v) is 3.53. The summed E-state index contributed by atoms with van der Waals surface area (Å²) in [6.45, 7) is 12.0. The molecule has 0 aromatic carbocycles. The smallest absolute Gasteiger partial charge is 0.217 e. The van der Waals surface area contributed by atoms with Crippen LogP contribution in [0.4, 0.5) is 0 Å². The zero-order chi connectivity index (χ0) is 9.30. The third-order valence-corrected chi connectivity index (χ3v) is 1.67. The standard InChI is InChI=1S/C9H16N2O/c1-6(2)9-10-11(7(3)4)8(5)12-9/h6-7H,5H2,1-4H3. The Bertz CT molecular complexity index is 219. The predicted molar refractivity (Wildman–Crippen MR) is 49.5 cm³/mol. The Hall–Kier alpha value is -0.990. The molecular weight excluding hydrogens is 152 g/mol. The molecule has 1 rings (SSSR count). The highest BCUT2D eigenvalue weighted by Crippen LogP contribution is 2.20. The van der Waals surface area contributed by atoms with E-state index in [-0.39, 0.29) is 0 Å². The van der Waals surface area contributed by atoms with Crippen molar-refractivity contribution in [2.75, 3.05) is 0 Å². The van der Waals surface area contributed by atoms with Crippen LogP contribution in [0.25, 0.3) is 0 Å². The molecule has 3 heteroatoms. The minimum Gasteiger partial charge on any atom is -0.424 e. The lowest BCUT2D eigenvalue weighted by Crippen LogP contribution is -2.20. The van der Waals surface area contributed by atoms with E-state index in [1.807, 2.05) is 0 Å². The van der Waals surface area contributed by atoms with Gasteiger partial charge in [0.2, 0.25) is 11.8 Å². The molecule has 0 aromatic rings. The van der Waals surface area contributed by atoms with E-state index >= 15 is 0 Å². The number of rotatable bonds is 2. The Morgan fingerprint density at radius 1 is 1.33 bits per heavy atom. The summed E-state index contributed by atoms with van der Waals surface area (Å²) in [7, 11) is 0. The Morgan fingerprint density at radius 2 is 1.92 bits per heavy atom. The molecule has 0 N–H and O–H groups in total. The molecule has 0 saturated heterocycles. The zero-order valence-corrected chi connectivity index (χ0v) is 8.16. The second kappa shape index (κ2) is 3.17. The number of hydrogen-bond acceptors (Lipinski definition) is 3. The zero-order valence-electron chi connectivity index (χ0n) is 8.16. The summed E-state index contributed by atoms with van der Waals surface area (Å²) < 4.78 is 5.38. The van der Waals surface area contributed by atoms with Crippen molar-refractivity contribution >= 4 is 5.90 Å². The van der Waals surface area contributed by atoms with Crippen molar-refractivity contribution < 1.29 is 4.74 Å². The topological polar surface area (TPSA) is 24.8 Å².